The van der Waals surface area contributed by atoms with Gasteiger partial charge in [0.1, 0.15) is 5.01 Å². The molecule has 0 bridgehead atoms. The van der Waals surface area contributed by atoms with E-state index >= 15 is 0 Å². The summed E-state index contributed by atoms with van der Waals surface area (Å²) < 4.78 is 6.47. The number of carbonyl (C=O) groups is 2. The Balaban J connectivity index is 1.42. The van der Waals surface area contributed by atoms with Gasteiger partial charge in [0, 0.05) is 23.7 Å². The molecule has 1 aliphatic carbocycles. The van der Waals surface area contributed by atoms with Gasteiger partial charge in [0.05, 0.1) is 10.2 Å². The molecule has 2 aromatic heterocycles. The second-order valence-corrected chi connectivity index (χ2v) is 9.18. The van der Waals surface area contributed by atoms with Crippen LogP contribution >= 0.6 is 22.7 Å². The van der Waals surface area contributed by atoms with Crippen LogP contribution in [0.25, 0.3) is 16.3 Å². The molecule has 1 aliphatic rings. The lowest BCUT2D eigenvalue weighted by atomic mass is 9.94. The predicted molar refractivity (Wildman–Crippen MR) is 121 cm³/mol. The first-order valence-corrected chi connectivity index (χ1v) is 11.8. The van der Waals surface area contributed by atoms with Crippen molar-refractivity contribution in [3.05, 3.63) is 46.9 Å². The smallest absolute Gasteiger partial charge is 0.331 e. The van der Waals surface area contributed by atoms with Gasteiger partial charge in [-0.15, -0.1) is 22.7 Å². The van der Waals surface area contributed by atoms with Crippen molar-refractivity contribution >= 4 is 56.0 Å². The average Bonchev–Trinajstić information content (AvgIpc) is 3.43. The van der Waals surface area contributed by atoms with Gasteiger partial charge < -0.3 is 4.74 Å². The molecule has 4 rings (SSSR count). The molecule has 156 valence electrons. The molecular formula is C22H23N3O3S2. The summed E-state index contributed by atoms with van der Waals surface area (Å²) in [5.74, 6) is -0.781. The summed E-state index contributed by atoms with van der Waals surface area (Å²) in [6.45, 7) is 1.62. The lowest BCUT2D eigenvalue weighted by molar-refractivity contribution is -0.149. The van der Waals surface area contributed by atoms with Gasteiger partial charge in [-0.2, -0.15) is 0 Å². The van der Waals surface area contributed by atoms with Gasteiger partial charge in [0.25, 0.3) is 5.91 Å². The molecule has 0 aliphatic heterocycles. The highest BCUT2D eigenvalue weighted by Crippen LogP contribution is 2.29. The maximum atomic E-state index is 13.1. The largest absolute Gasteiger partial charge is 0.449 e. The molecular weight excluding hydrogens is 418 g/mol. The summed E-state index contributed by atoms with van der Waals surface area (Å²) in [5, 5.41) is 3.24. The number of fused-ring (bicyclic) bond motifs is 1. The van der Waals surface area contributed by atoms with E-state index in [2.05, 4.69) is 9.97 Å². The summed E-state index contributed by atoms with van der Waals surface area (Å²) in [4.78, 5) is 36.0. The average molecular weight is 442 g/mol. The summed E-state index contributed by atoms with van der Waals surface area (Å²) in [6.07, 6.45) is 9.05. The number of ether oxygens (including phenoxy) is 1. The van der Waals surface area contributed by atoms with E-state index < -0.39 is 12.1 Å². The van der Waals surface area contributed by atoms with Gasteiger partial charge in [-0.25, -0.2) is 14.8 Å². The number of amides is 1. The van der Waals surface area contributed by atoms with Crippen LogP contribution in [0.5, 0.6) is 0 Å². The molecule has 1 amide bonds. The fraction of sp³-hybridized carbons (Fsp3) is 0.364. The molecule has 1 aromatic carbocycles. The van der Waals surface area contributed by atoms with E-state index in [1.165, 1.54) is 35.2 Å². The Morgan fingerprint density at radius 2 is 2.03 bits per heavy atom. The van der Waals surface area contributed by atoms with E-state index in [1.54, 1.807) is 24.1 Å². The van der Waals surface area contributed by atoms with Gasteiger partial charge >= 0.3 is 5.97 Å². The minimum Gasteiger partial charge on any atom is -0.449 e. The number of carbonyl (C=O) groups excluding carboxylic acids is 2. The van der Waals surface area contributed by atoms with Crippen LogP contribution in [0.1, 0.15) is 44.0 Å². The summed E-state index contributed by atoms with van der Waals surface area (Å²) >= 11 is 2.93. The molecule has 3 aromatic rings. The van der Waals surface area contributed by atoms with E-state index in [1.807, 2.05) is 29.6 Å². The number of hydrogen-bond acceptors (Lipinski definition) is 7. The van der Waals surface area contributed by atoms with Crippen LogP contribution in [0.4, 0.5) is 5.13 Å². The monoisotopic (exact) mass is 441 g/mol. The quantitative estimate of drug-likeness (QED) is 0.395. The van der Waals surface area contributed by atoms with Gasteiger partial charge in [-0.3, -0.25) is 9.69 Å². The standard InChI is InChI=1S/C22H23N3O3S2/c1-15(21(27)25(22-23-13-14-29-22)16-7-3-2-4-8-16)28-20(26)12-11-19-24-17-9-5-6-10-18(17)30-19/h5-6,9-16H,2-4,7-8H2,1H3/b12-11+. The topological polar surface area (TPSA) is 72.4 Å². The van der Waals surface area contributed by atoms with Crippen LogP contribution in [-0.4, -0.2) is 34.0 Å². The Morgan fingerprint density at radius 3 is 2.77 bits per heavy atom. The number of hydrogen-bond donors (Lipinski definition) is 0. The van der Waals surface area contributed by atoms with E-state index in [-0.39, 0.29) is 11.9 Å². The summed E-state index contributed by atoms with van der Waals surface area (Å²) in [7, 11) is 0. The molecule has 0 N–H and O–H groups in total. The first kappa shape index (κ1) is 20.7. The molecule has 0 radical (unpaired) electrons. The highest BCUT2D eigenvalue weighted by Gasteiger charge is 2.32. The Hall–Kier alpha value is -2.58. The van der Waals surface area contributed by atoms with Gasteiger partial charge in [-0.1, -0.05) is 31.4 Å². The fourth-order valence-corrected chi connectivity index (χ4v) is 5.25. The van der Waals surface area contributed by atoms with E-state index in [9.17, 15) is 9.59 Å². The second-order valence-electron chi connectivity index (χ2n) is 7.25. The molecule has 1 unspecified atom stereocenters. The summed E-state index contributed by atoms with van der Waals surface area (Å²) in [6, 6.07) is 7.91. The van der Waals surface area contributed by atoms with Crippen LogP contribution < -0.4 is 4.90 Å². The van der Waals surface area contributed by atoms with Crippen LogP contribution in [0.2, 0.25) is 0 Å². The molecule has 1 atom stereocenters. The Morgan fingerprint density at radius 1 is 1.23 bits per heavy atom. The highest BCUT2D eigenvalue weighted by atomic mass is 32.1. The van der Waals surface area contributed by atoms with Crippen LogP contribution in [0.15, 0.2) is 41.9 Å². The van der Waals surface area contributed by atoms with Crippen LogP contribution in [-0.2, 0) is 14.3 Å². The molecule has 1 saturated carbocycles. The zero-order chi connectivity index (χ0) is 20.9. The van der Waals surface area contributed by atoms with Crippen molar-refractivity contribution in [2.75, 3.05) is 4.90 Å². The van der Waals surface area contributed by atoms with Crippen LogP contribution in [0, 0.1) is 0 Å². The molecule has 8 heteroatoms. The highest BCUT2D eigenvalue weighted by molar-refractivity contribution is 7.19. The third-order valence-electron chi connectivity index (χ3n) is 5.12. The Bertz CT molecular complexity index is 1010. The van der Waals surface area contributed by atoms with E-state index in [4.69, 9.17) is 4.74 Å². The normalized spacial score (nSPS) is 16.0. The fourth-order valence-electron chi connectivity index (χ4n) is 3.66. The van der Waals surface area contributed by atoms with E-state index in [0.29, 0.717) is 5.13 Å². The molecule has 0 saturated heterocycles. The molecule has 6 nitrogen and oxygen atoms in total. The number of aromatic nitrogens is 2. The van der Waals surface area contributed by atoms with Crippen molar-refractivity contribution in [3.8, 4) is 0 Å². The third-order valence-corrected chi connectivity index (χ3v) is 6.89. The molecule has 1 fully saturated rings. The number of thiazole rings is 2. The summed E-state index contributed by atoms with van der Waals surface area (Å²) in [5.41, 5.74) is 0.894. The Kier molecular flexibility index (Phi) is 6.54. The van der Waals surface area contributed by atoms with Crippen molar-refractivity contribution in [3.63, 3.8) is 0 Å². The lowest BCUT2D eigenvalue weighted by Crippen LogP contribution is -2.47. The maximum Gasteiger partial charge on any atom is 0.331 e. The van der Waals surface area contributed by atoms with Gasteiger partial charge in [0.2, 0.25) is 0 Å². The van der Waals surface area contributed by atoms with Crippen molar-refractivity contribution in [2.24, 2.45) is 0 Å². The van der Waals surface area contributed by atoms with Crippen molar-refractivity contribution in [1.82, 2.24) is 9.97 Å². The van der Waals surface area contributed by atoms with Crippen LogP contribution in [0.3, 0.4) is 0 Å². The molecule has 30 heavy (non-hydrogen) atoms. The third kappa shape index (κ3) is 4.76. The number of rotatable bonds is 6. The zero-order valence-corrected chi connectivity index (χ0v) is 18.3. The molecule has 0 spiro atoms. The predicted octanol–water partition coefficient (Wildman–Crippen LogP) is 5.06. The van der Waals surface area contributed by atoms with E-state index in [0.717, 1.165) is 40.9 Å². The Labute approximate surface area is 183 Å². The molecule has 2 heterocycles. The minimum absolute atomic E-state index is 0.108. The lowest BCUT2D eigenvalue weighted by Gasteiger charge is -2.33. The number of benzene rings is 1. The first-order chi connectivity index (χ1) is 14.6. The van der Waals surface area contributed by atoms with Crippen molar-refractivity contribution in [2.45, 2.75) is 51.2 Å². The first-order valence-electron chi connectivity index (χ1n) is 10.1. The van der Waals surface area contributed by atoms with Gasteiger partial charge in [-0.05, 0) is 38.0 Å². The number of para-hydroxylation sites is 1. The number of anilines is 1. The SMILES string of the molecule is CC(OC(=O)/C=C/c1nc2ccccc2s1)C(=O)N(c1nccs1)C1CCCCC1. The minimum atomic E-state index is -0.886. The van der Waals surface area contributed by atoms with Crippen molar-refractivity contribution < 1.29 is 14.3 Å². The van der Waals surface area contributed by atoms with Gasteiger partial charge in [0.15, 0.2) is 11.2 Å². The maximum absolute atomic E-state index is 13.1. The zero-order valence-electron chi connectivity index (χ0n) is 16.7. The second kappa shape index (κ2) is 9.49. The van der Waals surface area contributed by atoms with Crippen molar-refractivity contribution in [1.29, 1.82) is 0 Å². The number of nitrogens with zero attached hydrogens (tertiary/aromatic N) is 3. The number of esters is 1.